The molecule has 0 aliphatic carbocycles. The van der Waals surface area contributed by atoms with Crippen molar-refractivity contribution in [1.29, 1.82) is 0 Å². The average molecular weight is 325 g/mol. The van der Waals surface area contributed by atoms with Crippen LogP contribution in [-0.4, -0.2) is 37.3 Å². The summed E-state index contributed by atoms with van der Waals surface area (Å²) in [7, 11) is 0. The number of aryl methyl sites for hydroxylation is 1. The van der Waals surface area contributed by atoms with Crippen molar-refractivity contribution in [3.8, 4) is 0 Å². The first-order chi connectivity index (χ1) is 9.79. The Bertz CT molecular complexity index is 498. The molecule has 1 aromatic carbocycles. The molecule has 0 spiro atoms. The second-order valence-corrected chi connectivity index (χ2v) is 5.59. The van der Waals surface area contributed by atoms with E-state index >= 15 is 0 Å². The Morgan fingerprint density at radius 2 is 1.90 bits per heavy atom. The van der Waals surface area contributed by atoms with Crippen LogP contribution in [-0.2, 0) is 0 Å². The summed E-state index contributed by atoms with van der Waals surface area (Å²) in [5, 5.41) is 3.16. The van der Waals surface area contributed by atoms with Crippen LogP contribution in [0.5, 0.6) is 0 Å². The van der Waals surface area contributed by atoms with Crippen molar-refractivity contribution >= 4 is 11.6 Å². The van der Waals surface area contributed by atoms with Crippen molar-refractivity contribution < 1.29 is 17.6 Å². The fourth-order valence-corrected chi connectivity index (χ4v) is 2.89. The highest BCUT2D eigenvalue weighted by molar-refractivity contribution is 6.32. The third kappa shape index (κ3) is 4.08. The van der Waals surface area contributed by atoms with Crippen molar-refractivity contribution in [2.45, 2.75) is 25.6 Å². The molecular formula is C14H17ClF4N2. The summed E-state index contributed by atoms with van der Waals surface area (Å²) in [4.78, 5) is 1.65. The number of benzene rings is 1. The normalized spacial score (nSPS) is 18.8. The molecule has 1 heterocycles. The minimum absolute atomic E-state index is 0.0455. The van der Waals surface area contributed by atoms with Gasteiger partial charge in [-0.1, -0.05) is 17.7 Å². The number of hydrogen-bond acceptors (Lipinski definition) is 2. The first kappa shape index (κ1) is 16.5. The summed E-state index contributed by atoms with van der Waals surface area (Å²) in [6.45, 7) is 3.70. The van der Waals surface area contributed by atoms with Gasteiger partial charge in [-0.05, 0) is 18.6 Å². The van der Waals surface area contributed by atoms with Crippen LogP contribution < -0.4 is 5.32 Å². The first-order valence-electron chi connectivity index (χ1n) is 6.75. The number of nitrogens with zero attached hydrogens (tertiary/aromatic N) is 1. The maximum atomic E-state index is 14.1. The lowest BCUT2D eigenvalue weighted by atomic mass is 9.98. The molecule has 21 heavy (non-hydrogen) atoms. The number of hydrogen-bond donors (Lipinski definition) is 1. The lowest BCUT2D eigenvalue weighted by Gasteiger charge is -2.36. The van der Waals surface area contributed by atoms with Crippen LogP contribution in [0.2, 0.25) is 5.02 Å². The van der Waals surface area contributed by atoms with Gasteiger partial charge in [-0.15, -0.1) is 0 Å². The van der Waals surface area contributed by atoms with E-state index in [4.69, 9.17) is 11.6 Å². The lowest BCUT2D eigenvalue weighted by molar-refractivity contribution is -0.149. The van der Waals surface area contributed by atoms with Crippen LogP contribution in [0.15, 0.2) is 12.1 Å². The van der Waals surface area contributed by atoms with Gasteiger partial charge >= 0.3 is 6.18 Å². The van der Waals surface area contributed by atoms with Gasteiger partial charge in [0.1, 0.15) is 5.82 Å². The molecule has 1 fully saturated rings. The minimum atomic E-state index is -4.38. The monoisotopic (exact) mass is 324 g/mol. The Hall–Kier alpha value is -0.850. The molecule has 1 N–H and O–H groups in total. The quantitative estimate of drug-likeness (QED) is 0.853. The van der Waals surface area contributed by atoms with E-state index in [0.29, 0.717) is 31.7 Å². The van der Waals surface area contributed by atoms with Crippen molar-refractivity contribution in [3.05, 3.63) is 34.1 Å². The van der Waals surface area contributed by atoms with Crippen LogP contribution in [0.4, 0.5) is 17.6 Å². The molecular weight excluding hydrogens is 308 g/mol. The smallest absolute Gasteiger partial charge is 0.314 e. The predicted octanol–water partition coefficient (Wildman–Crippen LogP) is 3.69. The van der Waals surface area contributed by atoms with E-state index in [-0.39, 0.29) is 10.6 Å². The van der Waals surface area contributed by atoms with Crippen LogP contribution in [0.3, 0.4) is 0 Å². The summed E-state index contributed by atoms with van der Waals surface area (Å²) in [5.41, 5.74) is 0.534. The molecule has 1 aliphatic heterocycles. The molecule has 0 radical (unpaired) electrons. The molecule has 118 valence electrons. The molecule has 0 bridgehead atoms. The predicted molar refractivity (Wildman–Crippen MR) is 74.0 cm³/mol. The van der Waals surface area contributed by atoms with E-state index in [1.807, 2.05) is 0 Å². The van der Waals surface area contributed by atoms with E-state index in [9.17, 15) is 17.6 Å². The van der Waals surface area contributed by atoms with Gasteiger partial charge < -0.3 is 5.32 Å². The number of alkyl halides is 3. The maximum Gasteiger partial charge on any atom is 0.390 e. The van der Waals surface area contributed by atoms with Crippen molar-refractivity contribution in [2.24, 2.45) is 0 Å². The van der Waals surface area contributed by atoms with E-state index in [2.05, 4.69) is 5.32 Å². The molecule has 2 rings (SSSR count). The van der Waals surface area contributed by atoms with E-state index in [1.165, 1.54) is 12.1 Å². The van der Waals surface area contributed by atoms with Gasteiger partial charge in [0.15, 0.2) is 0 Å². The summed E-state index contributed by atoms with van der Waals surface area (Å²) < 4.78 is 52.8. The van der Waals surface area contributed by atoms with Crippen molar-refractivity contribution in [1.82, 2.24) is 10.2 Å². The highest BCUT2D eigenvalue weighted by Crippen LogP contribution is 2.39. The lowest BCUT2D eigenvalue weighted by Crippen LogP contribution is -2.46. The van der Waals surface area contributed by atoms with Gasteiger partial charge in [0.05, 0.1) is 11.4 Å². The highest BCUT2D eigenvalue weighted by Gasteiger charge is 2.38. The average Bonchev–Trinajstić information content (AvgIpc) is 2.42. The second-order valence-electron chi connectivity index (χ2n) is 5.21. The second kappa shape index (κ2) is 6.50. The summed E-state index contributed by atoms with van der Waals surface area (Å²) >= 11 is 6.09. The highest BCUT2D eigenvalue weighted by atomic mass is 35.5. The van der Waals surface area contributed by atoms with Crippen LogP contribution in [0, 0.1) is 12.7 Å². The standard InChI is InChI=1S/C14H17ClF4N2/c1-9-2-3-10(16)12(13(9)15)11(8-14(17,18)19)21-6-4-20-5-7-21/h2-3,11,20H,4-8H2,1H3/t11-/m1/s1. The Labute approximate surface area is 126 Å². The van der Waals surface area contributed by atoms with Crippen LogP contribution >= 0.6 is 11.6 Å². The summed E-state index contributed by atoms with van der Waals surface area (Å²) in [6.07, 6.45) is -5.48. The molecule has 0 amide bonds. The van der Waals surface area contributed by atoms with Gasteiger partial charge in [0.25, 0.3) is 0 Å². The number of nitrogens with one attached hydrogen (secondary N) is 1. The largest absolute Gasteiger partial charge is 0.390 e. The first-order valence-corrected chi connectivity index (χ1v) is 7.13. The molecule has 0 unspecified atom stereocenters. The Morgan fingerprint density at radius 1 is 1.29 bits per heavy atom. The van der Waals surface area contributed by atoms with Gasteiger partial charge in [-0.25, -0.2) is 4.39 Å². The molecule has 0 saturated carbocycles. The van der Waals surface area contributed by atoms with Gasteiger partial charge in [-0.2, -0.15) is 13.2 Å². The van der Waals surface area contributed by atoms with Crippen LogP contribution in [0.25, 0.3) is 0 Å². The Kier molecular flexibility index (Phi) is 5.11. The third-order valence-corrected chi connectivity index (χ3v) is 4.17. The maximum absolute atomic E-state index is 14.1. The number of rotatable bonds is 3. The summed E-state index contributed by atoms with van der Waals surface area (Å²) in [6, 6.07) is 1.57. The molecule has 7 heteroatoms. The van der Waals surface area contributed by atoms with Gasteiger partial charge in [0, 0.05) is 37.8 Å². The zero-order chi connectivity index (χ0) is 15.6. The topological polar surface area (TPSA) is 15.3 Å². The van der Waals surface area contributed by atoms with Crippen molar-refractivity contribution in [2.75, 3.05) is 26.2 Å². The van der Waals surface area contributed by atoms with E-state index in [1.54, 1.807) is 11.8 Å². The van der Waals surface area contributed by atoms with Crippen molar-refractivity contribution in [3.63, 3.8) is 0 Å². The fraction of sp³-hybridized carbons (Fsp3) is 0.571. The van der Waals surface area contributed by atoms with Gasteiger partial charge in [-0.3, -0.25) is 4.90 Å². The SMILES string of the molecule is Cc1ccc(F)c([C@@H](CC(F)(F)F)N2CCNCC2)c1Cl. The minimum Gasteiger partial charge on any atom is -0.314 e. The van der Waals surface area contributed by atoms with Crippen LogP contribution in [0.1, 0.15) is 23.6 Å². The van der Waals surface area contributed by atoms with Gasteiger partial charge in [0.2, 0.25) is 0 Å². The molecule has 1 saturated heterocycles. The molecule has 1 aromatic rings. The molecule has 1 aliphatic rings. The molecule has 1 atom stereocenters. The summed E-state index contributed by atoms with van der Waals surface area (Å²) in [5.74, 6) is -0.682. The Balaban J connectivity index is 2.41. The number of halogens is 5. The number of piperazine rings is 1. The molecule has 0 aromatic heterocycles. The Morgan fingerprint density at radius 3 is 2.48 bits per heavy atom. The zero-order valence-corrected chi connectivity index (χ0v) is 12.4. The van der Waals surface area contributed by atoms with E-state index < -0.39 is 24.5 Å². The fourth-order valence-electron chi connectivity index (χ4n) is 2.61. The zero-order valence-electron chi connectivity index (χ0n) is 11.6. The molecule has 2 nitrogen and oxygen atoms in total. The van der Waals surface area contributed by atoms with E-state index in [0.717, 1.165) is 0 Å². The third-order valence-electron chi connectivity index (χ3n) is 3.67.